The number of benzene rings is 1. The number of anilines is 2. The number of cyclic esters (lactones) is 1. The van der Waals surface area contributed by atoms with E-state index in [1.165, 1.54) is 24.3 Å². The standard InChI is InChI=1S/C19H24FN3O3S/c1-12(24)21-8-16-9-22(19(25)26-16)13-5-6-18(17(20)7-13)23-14-3-2-4-15(23)11-27-10-14/h5-7,14-16H,2-4,8-11H2,1H3,(H,21,24). The van der Waals surface area contributed by atoms with Crippen LogP contribution in [0, 0.1) is 5.82 Å². The van der Waals surface area contributed by atoms with Gasteiger partial charge in [-0.25, -0.2) is 9.18 Å². The van der Waals surface area contributed by atoms with Crippen LogP contribution in [0.3, 0.4) is 0 Å². The fourth-order valence-electron chi connectivity index (χ4n) is 4.20. The molecule has 4 rings (SSSR count). The van der Waals surface area contributed by atoms with Crippen LogP contribution >= 0.6 is 11.8 Å². The second kappa shape index (κ2) is 7.58. The van der Waals surface area contributed by atoms with Crippen molar-refractivity contribution in [2.75, 3.05) is 34.4 Å². The normalized spacial score (nSPS) is 27.5. The maximum atomic E-state index is 15.0. The summed E-state index contributed by atoms with van der Waals surface area (Å²) in [4.78, 5) is 26.8. The van der Waals surface area contributed by atoms with Crippen molar-refractivity contribution < 1.29 is 18.7 Å². The molecule has 146 valence electrons. The van der Waals surface area contributed by atoms with Gasteiger partial charge < -0.3 is 15.0 Å². The predicted molar refractivity (Wildman–Crippen MR) is 104 cm³/mol. The van der Waals surface area contributed by atoms with Gasteiger partial charge in [-0.15, -0.1) is 0 Å². The maximum Gasteiger partial charge on any atom is 0.414 e. The van der Waals surface area contributed by atoms with Crippen LogP contribution in [0.25, 0.3) is 0 Å². The number of hydrogen-bond acceptors (Lipinski definition) is 5. The molecule has 2 bridgehead atoms. The number of carbonyl (C=O) groups is 2. The summed E-state index contributed by atoms with van der Waals surface area (Å²) in [7, 11) is 0. The van der Waals surface area contributed by atoms with Gasteiger partial charge in [0.1, 0.15) is 11.9 Å². The van der Waals surface area contributed by atoms with Crippen LogP contribution in [-0.2, 0) is 9.53 Å². The molecule has 3 fully saturated rings. The number of piperidine rings is 1. The van der Waals surface area contributed by atoms with E-state index in [4.69, 9.17) is 4.74 Å². The number of nitrogens with one attached hydrogen (secondary N) is 1. The average Bonchev–Trinajstić information content (AvgIpc) is 3.00. The van der Waals surface area contributed by atoms with E-state index in [9.17, 15) is 14.0 Å². The van der Waals surface area contributed by atoms with Gasteiger partial charge in [-0.3, -0.25) is 9.69 Å². The van der Waals surface area contributed by atoms with Gasteiger partial charge >= 0.3 is 6.09 Å². The fraction of sp³-hybridized carbons (Fsp3) is 0.579. The van der Waals surface area contributed by atoms with E-state index in [1.54, 1.807) is 12.1 Å². The summed E-state index contributed by atoms with van der Waals surface area (Å²) in [5, 5.41) is 2.64. The minimum atomic E-state index is -0.510. The summed E-state index contributed by atoms with van der Waals surface area (Å²) in [5.74, 6) is 1.61. The number of ether oxygens (including phenoxy) is 1. The van der Waals surface area contributed by atoms with Crippen LogP contribution in [0.15, 0.2) is 18.2 Å². The van der Waals surface area contributed by atoms with Crippen molar-refractivity contribution in [2.24, 2.45) is 0 Å². The van der Waals surface area contributed by atoms with Crippen molar-refractivity contribution in [3.8, 4) is 0 Å². The molecular weight excluding hydrogens is 369 g/mol. The Morgan fingerprint density at radius 2 is 2.07 bits per heavy atom. The molecule has 1 N–H and O–H groups in total. The third-order valence-corrected chi connectivity index (χ3v) is 6.70. The first-order valence-electron chi connectivity index (χ1n) is 9.41. The van der Waals surface area contributed by atoms with Crippen molar-refractivity contribution in [1.82, 2.24) is 5.32 Å². The number of fused-ring (bicyclic) bond motifs is 2. The zero-order chi connectivity index (χ0) is 19.0. The third-order valence-electron chi connectivity index (χ3n) is 5.46. The van der Waals surface area contributed by atoms with E-state index >= 15 is 0 Å². The van der Waals surface area contributed by atoms with Crippen LogP contribution in [0.2, 0.25) is 0 Å². The van der Waals surface area contributed by atoms with Gasteiger partial charge in [0.15, 0.2) is 0 Å². The number of thioether (sulfide) groups is 1. The summed E-state index contributed by atoms with van der Waals surface area (Å²) in [6.07, 6.45) is 2.48. The Labute approximate surface area is 162 Å². The van der Waals surface area contributed by atoms with Crippen molar-refractivity contribution in [3.63, 3.8) is 0 Å². The number of nitrogens with zero attached hydrogens (tertiary/aromatic N) is 2. The Bertz CT molecular complexity index is 725. The molecule has 0 spiro atoms. The molecule has 1 aromatic rings. The molecule has 3 saturated heterocycles. The number of amides is 2. The molecule has 3 aliphatic rings. The lowest BCUT2D eigenvalue weighted by Crippen LogP contribution is -2.52. The second-order valence-electron chi connectivity index (χ2n) is 7.37. The molecule has 0 radical (unpaired) electrons. The summed E-state index contributed by atoms with van der Waals surface area (Å²) < 4.78 is 20.3. The molecule has 6 nitrogen and oxygen atoms in total. The first kappa shape index (κ1) is 18.4. The largest absolute Gasteiger partial charge is 0.442 e. The minimum absolute atomic E-state index is 0.176. The van der Waals surface area contributed by atoms with Gasteiger partial charge in [0.25, 0.3) is 0 Å². The van der Waals surface area contributed by atoms with Crippen molar-refractivity contribution in [2.45, 2.75) is 44.4 Å². The summed E-state index contributed by atoms with van der Waals surface area (Å²) in [6, 6.07) is 5.79. The zero-order valence-corrected chi connectivity index (χ0v) is 16.1. The molecule has 1 aromatic carbocycles. The molecule has 8 heteroatoms. The Kier molecular flexibility index (Phi) is 5.16. The highest BCUT2D eigenvalue weighted by Crippen LogP contribution is 2.38. The van der Waals surface area contributed by atoms with E-state index in [0.717, 1.165) is 24.3 Å². The van der Waals surface area contributed by atoms with E-state index in [-0.39, 0.29) is 18.3 Å². The fourth-order valence-corrected chi connectivity index (χ4v) is 5.53. The lowest BCUT2D eigenvalue weighted by atomic mass is 9.95. The van der Waals surface area contributed by atoms with E-state index < -0.39 is 12.2 Å². The van der Waals surface area contributed by atoms with Crippen LogP contribution in [0.1, 0.15) is 26.2 Å². The zero-order valence-electron chi connectivity index (χ0n) is 15.3. The Morgan fingerprint density at radius 3 is 2.74 bits per heavy atom. The van der Waals surface area contributed by atoms with Crippen LogP contribution in [-0.4, -0.2) is 54.8 Å². The molecule has 0 aromatic heterocycles. The van der Waals surface area contributed by atoms with Gasteiger partial charge in [-0.05, 0) is 37.5 Å². The van der Waals surface area contributed by atoms with Crippen molar-refractivity contribution >= 4 is 35.1 Å². The maximum absolute atomic E-state index is 15.0. The highest BCUT2D eigenvalue weighted by Gasteiger charge is 2.37. The number of halogens is 1. The van der Waals surface area contributed by atoms with E-state index in [2.05, 4.69) is 10.2 Å². The lowest BCUT2D eigenvalue weighted by Gasteiger charge is -2.47. The molecule has 2 amide bonds. The van der Waals surface area contributed by atoms with Gasteiger partial charge in [0.2, 0.25) is 5.91 Å². The smallest absolute Gasteiger partial charge is 0.414 e. The van der Waals surface area contributed by atoms with Gasteiger partial charge in [0.05, 0.1) is 24.5 Å². The Hall–Kier alpha value is -1.96. The highest BCUT2D eigenvalue weighted by molar-refractivity contribution is 7.99. The van der Waals surface area contributed by atoms with Gasteiger partial charge in [-0.1, -0.05) is 0 Å². The monoisotopic (exact) mass is 393 g/mol. The quantitative estimate of drug-likeness (QED) is 0.852. The van der Waals surface area contributed by atoms with E-state index in [0.29, 0.717) is 30.0 Å². The van der Waals surface area contributed by atoms with Gasteiger partial charge in [-0.2, -0.15) is 11.8 Å². The first-order chi connectivity index (χ1) is 13.0. The molecule has 3 atom stereocenters. The third kappa shape index (κ3) is 3.72. The Morgan fingerprint density at radius 1 is 1.33 bits per heavy atom. The number of hydrogen-bond donors (Lipinski definition) is 1. The average molecular weight is 393 g/mol. The molecule has 3 aliphatic heterocycles. The molecule has 3 heterocycles. The van der Waals surface area contributed by atoms with Crippen LogP contribution < -0.4 is 15.1 Å². The van der Waals surface area contributed by atoms with Crippen molar-refractivity contribution in [3.05, 3.63) is 24.0 Å². The SMILES string of the molecule is CC(=O)NCC1CN(c2ccc(N3C4CCCC3CSC4)c(F)c2)C(=O)O1. The summed E-state index contributed by atoms with van der Waals surface area (Å²) in [6.45, 7) is 1.97. The molecule has 3 unspecified atom stereocenters. The first-order valence-corrected chi connectivity index (χ1v) is 10.6. The summed E-state index contributed by atoms with van der Waals surface area (Å²) >= 11 is 1.96. The molecule has 0 aliphatic carbocycles. The second-order valence-corrected chi connectivity index (χ2v) is 8.45. The molecule has 0 saturated carbocycles. The molecule has 27 heavy (non-hydrogen) atoms. The van der Waals surface area contributed by atoms with Crippen molar-refractivity contribution in [1.29, 1.82) is 0 Å². The van der Waals surface area contributed by atoms with E-state index in [1.807, 2.05) is 11.8 Å². The number of rotatable bonds is 4. The highest BCUT2D eigenvalue weighted by atomic mass is 32.2. The van der Waals surface area contributed by atoms with Gasteiger partial charge in [0, 0.05) is 30.5 Å². The topological polar surface area (TPSA) is 61.9 Å². The Balaban J connectivity index is 1.50. The molecular formula is C19H24FN3O3S. The summed E-state index contributed by atoms with van der Waals surface area (Å²) in [5.41, 5.74) is 1.12. The minimum Gasteiger partial charge on any atom is -0.442 e. The number of carbonyl (C=O) groups excluding carboxylic acids is 2. The predicted octanol–water partition coefficient (Wildman–Crippen LogP) is 2.76. The van der Waals surface area contributed by atoms with Crippen LogP contribution in [0.5, 0.6) is 0 Å². The lowest BCUT2D eigenvalue weighted by molar-refractivity contribution is -0.119. The van der Waals surface area contributed by atoms with Crippen LogP contribution in [0.4, 0.5) is 20.6 Å².